The number of halogens is 1. The van der Waals surface area contributed by atoms with Crippen molar-refractivity contribution in [3.05, 3.63) is 94.5 Å². The van der Waals surface area contributed by atoms with Crippen LogP contribution in [0.4, 0.5) is 0 Å². The number of carbonyl (C=O) groups is 2. The zero-order chi connectivity index (χ0) is 28.7. The molecule has 2 aliphatic rings. The normalized spacial score (nSPS) is 20.8. The molecule has 0 saturated carbocycles. The summed E-state index contributed by atoms with van der Waals surface area (Å²) in [5, 5.41) is 0.352. The number of piperidine rings is 1. The molecule has 0 aliphatic carbocycles. The third-order valence-electron chi connectivity index (χ3n) is 7.20. The average molecular weight is 582 g/mol. The molecule has 10 heteroatoms. The Morgan fingerprint density at radius 1 is 1.15 bits per heavy atom. The number of benzene rings is 2. The fraction of sp³-hybridized carbons (Fsp3) is 0.333. The van der Waals surface area contributed by atoms with Gasteiger partial charge in [-0.05, 0) is 42.5 Å². The van der Waals surface area contributed by atoms with Crippen molar-refractivity contribution in [1.82, 2.24) is 14.7 Å². The Bertz CT molecular complexity index is 1430. The number of hydrogen-bond acceptors (Lipinski definition) is 5. The minimum atomic E-state index is -3.34. The second kappa shape index (κ2) is 13.3. The van der Waals surface area contributed by atoms with E-state index in [9.17, 15) is 18.0 Å². The van der Waals surface area contributed by atoms with Crippen molar-refractivity contribution in [2.75, 3.05) is 19.3 Å². The van der Waals surface area contributed by atoms with E-state index in [-0.39, 0.29) is 24.5 Å². The van der Waals surface area contributed by atoms with Gasteiger partial charge in [-0.2, -0.15) is 0 Å². The molecule has 0 unspecified atom stereocenters. The van der Waals surface area contributed by atoms with Crippen LogP contribution in [0.5, 0.6) is 0 Å². The van der Waals surface area contributed by atoms with Gasteiger partial charge in [-0.15, -0.1) is 6.42 Å². The van der Waals surface area contributed by atoms with Crippen molar-refractivity contribution in [2.24, 2.45) is 0 Å². The molecule has 4 rings (SSSR count). The van der Waals surface area contributed by atoms with E-state index < -0.39 is 22.0 Å². The van der Waals surface area contributed by atoms with Gasteiger partial charge in [0.05, 0.1) is 24.8 Å². The maximum absolute atomic E-state index is 13.9. The Balaban J connectivity index is 1.65. The zero-order valence-corrected chi connectivity index (χ0v) is 23.8. The van der Waals surface area contributed by atoms with Gasteiger partial charge in [0.15, 0.2) is 0 Å². The van der Waals surface area contributed by atoms with E-state index >= 15 is 0 Å². The molecule has 1 saturated heterocycles. The molecule has 1 fully saturated rings. The first kappa shape index (κ1) is 29.6. The van der Waals surface area contributed by atoms with E-state index in [2.05, 4.69) is 11.4 Å². The number of sulfonamides is 1. The summed E-state index contributed by atoms with van der Waals surface area (Å²) >= 11 is 6.17. The highest BCUT2D eigenvalue weighted by molar-refractivity contribution is 7.88. The van der Waals surface area contributed by atoms with Crippen molar-refractivity contribution in [3.63, 3.8) is 0 Å². The number of nitrogens with one attached hydrogen (secondary N) is 1. The molecular formula is C30H32ClN3O5S. The zero-order valence-electron chi connectivity index (χ0n) is 22.2. The molecule has 0 spiro atoms. The Morgan fingerprint density at radius 3 is 2.50 bits per heavy atom. The first-order valence-electron chi connectivity index (χ1n) is 13.0. The second-order valence-electron chi connectivity index (χ2n) is 9.81. The van der Waals surface area contributed by atoms with Gasteiger partial charge in [0, 0.05) is 35.8 Å². The summed E-state index contributed by atoms with van der Waals surface area (Å²) in [5.41, 5.74) is 4.56. The summed E-state index contributed by atoms with van der Waals surface area (Å²) in [6, 6.07) is 15.7. The van der Waals surface area contributed by atoms with Gasteiger partial charge in [-0.3, -0.25) is 14.4 Å². The van der Waals surface area contributed by atoms with Crippen LogP contribution in [0.15, 0.2) is 77.9 Å². The lowest BCUT2D eigenvalue weighted by Gasteiger charge is -2.47. The number of hydroxylamine groups is 1. The standard InChI is InChI=1S/C30H32ClN3O5S/c1-3-10-23(31)13-9-16-27-28(29(35)32-39-21-22-11-5-4-6-12-22)25-14-7-8-15-26(25)30(36)34(27)24-17-19-33(20-18-24)40(2,37)38/h1,4-15,24,27-28H,16-21H2,2H3,(H,32,35)/b13-9-,23-10+/t27-,28+/m0/s1. The van der Waals surface area contributed by atoms with Gasteiger partial charge in [0.25, 0.3) is 11.8 Å². The van der Waals surface area contributed by atoms with Crippen molar-refractivity contribution in [3.8, 4) is 12.3 Å². The molecule has 2 amide bonds. The second-order valence-corrected chi connectivity index (χ2v) is 12.2. The lowest BCUT2D eigenvalue weighted by Crippen LogP contribution is -2.58. The number of nitrogens with zero attached hydrogens (tertiary/aromatic N) is 2. The van der Waals surface area contributed by atoms with E-state index in [0.29, 0.717) is 48.5 Å². The Labute approximate surface area is 240 Å². The van der Waals surface area contributed by atoms with Crippen molar-refractivity contribution < 1.29 is 22.8 Å². The van der Waals surface area contributed by atoms with Gasteiger partial charge in [-0.1, -0.05) is 72.1 Å². The van der Waals surface area contributed by atoms with Crippen molar-refractivity contribution in [2.45, 2.75) is 43.9 Å². The minimum Gasteiger partial charge on any atom is -0.331 e. The molecule has 0 bridgehead atoms. The highest BCUT2D eigenvalue weighted by Crippen LogP contribution is 2.38. The number of rotatable bonds is 9. The number of amides is 2. The van der Waals surface area contributed by atoms with Crippen LogP contribution < -0.4 is 5.48 Å². The fourth-order valence-corrected chi connectivity index (χ4v) is 6.38. The molecular weight excluding hydrogens is 550 g/mol. The largest absolute Gasteiger partial charge is 0.331 e. The van der Waals surface area contributed by atoms with E-state index in [1.807, 2.05) is 30.3 Å². The average Bonchev–Trinajstić information content (AvgIpc) is 2.93. The predicted molar refractivity (Wildman–Crippen MR) is 154 cm³/mol. The van der Waals surface area contributed by atoms with Crippen LogP contribution in [0.1, 0.15) is 46.7 Å². The number of terminal acetylenes is 1. The molecule has 2 heterocycles. The third-order valence-corrected chi connectivity index (χ3v) is 8.74. The predicted octanol–water partition coefficient (Wildman–Crippen LogP) is 3.97. The molecule has 1 N–H and O–H groups in total. The molecule has 2 aliphatic heterocycles. The van der Waals surface area contributed by atoms with Gasteiger partial charge < -0.3 is 4.90 Å². The lowest BCUT2D eigenvalue weighted by atomic mass is 9.79. The smallest absolute Gasteiger partial charge is 0.254 e. The topological polar surface area (TPSA) is 96.0 Å². The summed E-state index contributed by atoms with van der Waals surface area (Å²) in [6.07, 6.45) is 12.6. The lowest BCUT2D eigenvalue weighted by molar-refractivity contribution is -0.138. The molecule has 0 radical (unpaired) electrons. The van der Waals surface area contributed by atoms with Crippen molar-refractivity contribution in [1.29, 1.82) is 0 Å². The summed E-state index contributed by atoms with van der Waals surface area (Å²) in [6.45, 7) is 0.779. The Hall–Kier alpha value is -3.42. The van der Waals surface area contributed by atoms with Crippen LogP contribution in [0.25, 0.3) is 0 Å². The van der Waals surface area contributed by atoms with E-state index in [0.717, 1.165) is 5.56 Å². The van der Waals surface area contributed by atoms with Gasteiger partial charge >= 0.3 is 0 Å². The maximum atomic E-state index is 13.9. The Morgan fingerprint density at radius 2 is 1.82 bits per heavy atom. The number of hydrogen-bond donors (Lipinski definition) is 1. The van der Waals surface area contributed by atoms with Crippen LogP contribution in [-0.4, -0.2) is 60.9 Å². The Kier molecular flexibility index (Phi) is 9.82. The minimum absolute atomic E-state index is 0.185. The number of carbonyl (C=O) groups excluding carboxylic acids is 2. The number of allylic oxidation sites excluding steroid dienone is 3. The summed E-state index contributed by atoms with van der Waals surface area (Å²) < 4.78 is 25.6. The highest BCUT2D eigenvalue weighted by atomic mass is 35.5. The quantitative estimate of drug-likeness (QED) is 0.275. The summed E-state index contributed by atoms with van der Waals surface area (Å²) in [4.78, 5) is 35.0. The molecule has 2 atom stereocenters. The fourth-order valence-electron chi connectivity index (χ4n) is 5.35. The maximum Gasteiger partial charge on any atom is 0.254 e. The van der Waals surface area contributed by atoms with Crippen LogP contribution >= 0.6 is 11.6 Å². The molecule has 8 nitrogen and oxygen atoms in total. The summed E-state index contributed by atoms with van der Waals surface area (Å²) in [7, 11) is -3.34. The molecule has 210 valence electrons. The van der Waals surface area contributed by atoms with Gasteiger partial charge in [0.1, 0.15) is 0 Å². The molecule has 0 aromatic heterocycles. The summed E-state index contributed by atoms with van der Waals surface area (Å²) in [5.74, 6) is 1.07. The van der Waals surface area contributed by atoms with Crippen LogP contribution in [-0.2, 0) is 26.3 Å². The van der Waals surface area contributed by atoms with E-state index in [4.69, 9.17) is 22.9 Å². The van der Waals surface area contributed by atoms with Crippen LogP contribution in [0.3, 0.4) is 0 Å². The van der Waals surface area contributed by atoms with Gasteiger partial charge in [-0.25, -0.2) is 18.2 Å². The first-order valence-corrected chi connectivity index (χ1v) is 15.2. The number of fused-ring (bicyclic) bond motifs is 1. The van der Waals surface area contributed by atoms with E-state index in [1.54, 1.807) is 41.3 Å². The third kappa shape index (κ3) is 7.01. The first-order chi connectivity index (χ1) is 19.2. The van der Waals surface area contributed by atoms with E-state index in [1.165, 1.54) is 16.6 Å². The SMILES string of the molecule is C#C/C=C(Cl)\C=C/C[C@H]1[C@H](C(=O)NOCc2ccccc2)c2ccccc2C(=O)N1C1CCN(S(C)(=O)=O)CC1. The van der Waals surface area contributed by atoms with Crippen LogP contribution in [0, 0.1) is 12.3 Å². The monoisotopic (exact) mass is 581 g/mol. The van der Waals surface area contributed by atoms with Crippen molar-refractivity contribution >= 4 is 33.4 Å². The molecule has 2 aromatic carbocycles. The van der Waals surface area contributed by atoms with Gasteiger partial charge in [0.2, 0.25) is 10.0 Å². The van der Waals surface area contributed by atoms with Crippen LogP contribution in [0.2, 0.25) is 0 Å². The highest BCUT2D eigenvalue weighted by Gasteiger charge is 2.46. The molecule has 2 aromatic rings. The molecule has 40 heavy (non-hydrogen) atoms.